The number of esters is 1. The number of halogens is 1. The van der Waals surface area contributed by atoms with E-state index in [1.807, 2.05) is 0 Å². The van der Waals surface area contributed by atoms with Crippen molar-refractivity contribution >= 4 is 11.9 Å². The van der Waals surface area contributed by atoms with Gasteiger partial charge in [0.2, 0.25) is 0 Å². The minimum absolute atomic E-state index is 0.0640. The zero-order valence-corrected chi connectivity index (χ0v) is 14.1. The summed E-state index contributed by atoms with van der Waals surface area (Å²) in [5.74, 6) is -0.578. The second-order valence-corrected chi connectivity index (χ2v) is 6.16. The Morgan fingerprint density at radius 1 is 1.38 bits per heavy atom. The number of carbonyl (C=O) groups is 2. The first-order valence-electron chi connectivity index (χ1n) is 8.60. The molecule has 24 heavy (non-hydrogen) atoms. The highest BCUT2D eigenvalue weighted by atomic mass is 19.1. The minimum atomic E-state index is -0.245. The van der Waals surface area contributed by atoms with Gasteiger partial charge in [0.25, 0.3) is 5.91 Å². The average Bonchev–Trinajstić information content (AvgIpc) is 2.57. The van der Waals surface area contributed by atoms with Crippen LogP contribution in [0.1, 0.15) is 25.3 Å². The lowest BCUT2D eigenvalue weighted by Gasteiger charge is -2.28. The number of benzene rings is 1. The van der Waals surface area contributed by atoms with E-state index in [0.717, 1.165) is 24.3 Å². The van der Waals surface area contributed by atoms with Crippen molar-refractivity contribution in [3.8, 4) is 0 Å². The molecule has 5 nitrogen and oxygen atoms in total. The summed E-state index contributed by atoms with van der Waals surface area (Å²) < 4.78 is 18.6. The third-order valence-electron chi connectivity index (χ3n) is 4.32. The Kier molecular flexibility index (Phi) is 7.18. The van der Waals surface area contributed by atoms with Gasteiger partial charge in [0.15, 0.2) is 6.54 Å². The van der Waals surface area contributed by atoms with E-state index in [-0.39, 0.29) is 23.6 Å². The minimum Gasteiger partial charge on any atom is -0.466 e. The molecule has 1 unspecified atom stereocenters. The van der Waals surface area contributed by atoms with Gasteiger partial charge >= 0.3 is 5.97 Å². The Hall–Kier alpha value is -1.95. The van der Waals surface area contributed by atoms with Crippen molar-refractivity contribution in [1.29, 1.82) is 0 Å². The Morgan fingerprint density at radius 2 is 2.17 bits per heavy atom. The molecule has 0 radical (unpaired) electrons. The second-order valence-electron chi connectivity index (χ2n) is 6.16. The summed E-state index contributed by atoms with van der Waals surface area (Å²) in [6.45, 7) is 4.47. The molecule has 1 saturated heterocycles. The van der Waals surface area contributed by atoms with Crippen LogP contribution in [0.3, 0.4) is 0 Å². The molecule has 1 aliphatic heterocycles. The highest BCUT2D eigenvalue weighted by Crippen LogP contribution is 2.09. The Morgan fingerprint density at radius 3 is 2.92 bits per heavy atom. The van der Waals surface area contributed by atoms with E-state index in [1.165, 1.54) is 6.07 Å². The van der Waals surface area contributed by atoms with Crippen molar-refractivity contribution < 1.29 is 23.6 Å². The molecule has 2 rings (SSSR count). The topological polar surface area (TPSA) is 59.8 Å². The molecule has 1 aromatic carbocycles. The quantitative estimate of drug-likeness (QED) is 0.706. The third-order valence-corrected chi connectivity index (χ3v) is 4.32. The maximum absolute atomic E-state index is 13.5. The van der Waals surface area contributed by atoms with Crippen LogP contribution in [0.4, 0.5) is 4.39 Å². The lowest BCUT2D eigenvalue weighted by Crippen LogP contribution is -3.14. The number of carbonyl (C=O) groups excluding carboxylic acids is 2. The second kappa shape index (κ2) is 9.37. The van der Waals surface area contributed by atoms with E-state index in [4.69, 9.17) is 4.74 Å². The van der Waals surface area contributed by atoms with Crippen LogP contribution in [-0.2, 0) is 20.7 Å². The molecule has 0 saturated carbocycles. The first-order chi connectivity index (χ1) is 11.6. The fourth-order valence-electron chi connectivity index (χ4n) is 3.10. The normalized spacial score (nSPS) is 20.4. The summed E-state index contributed by atoms with van der Waals surface area (Å²) in [7, 11) is 0. The van der Waals surface area contributed by atoms with Gasteiger partial charge < -0.3 is 15.0 Å². The average molecular weight is 337 g/mol. The zero-order chi connectivity index (χ0) is 17.4. The number of ether oxygens (including phenoxy) is 1. The molecule has 1 fully saturated rings. The van der Waals surface area contributed by atoms with Crippen LogP contribution in [0.2, 0.25) is 0 Å². The van der Waals surface area contributed by atoms with Gasteiger partial charge in [-0.25, -0.2) is 4.39 Å². The summed E-state index contributed by atoms with van der Waals surface area (Å²) in [4.78, 5) is 25.0. The molecule has 0 aliphatic carbocycles. The van der Waals surface area contributed by atoms with Crippen LogP contribution in [0.15, 0.2) is 24.3 Å². The Bertz CT molecular complexity index is 565. The highest BCUT2D eigenvalue weighted by Gasteiger charge is 2.30. The predicted molar refractivity (Wildman–Crippen MR) is 88.0 cm³/mol. The molecule has 1 aromatic rings. The van der Waals surface area contributed by atoms with Crippen molar-refractivity contribution in [2.24, 2.45) is 5.92 Å². The summed E-state index contributed by atoms with van der Waals surface area (Å²) in [5.41, 5.74) is 0.602. The lowest BCUT2D eigenvalue weighted by atomic mass is 9.98. The number of piperidine rings is 1. The predicted octanol–water partition coefficient (Wildman–Crippen LogP) is 0.342. The van der Waals surface area contributed by atoms with Crippen LogP contribution in [0.25, 0.3) is 0 Å². The van der Waals surface area contributed by atoms with E-state index in [9.17, 15) is 14.0 Å². The number of likely N-dealkylation sites (tertiary alicyclic amines) is 1. The van der Waals surface area contributed by atoms with Gasteiger partial charge in [0.1, 0.15) is 11.7 Å². The molecular weight excluding hydrogens is 311 g/mol. The summed E-state index contributed by atoms with van der Waals surface area (Å²) in [6.07, 6.45) is 2.22. The first-order valence-corrected chi connectivity index (χ1v) is 8.60. The molecule has 2 N–H and O–H groups in total. The molecule has 0 aromatic heterocycles. The van der Waals surface area contributed by atoms with Crippen LogP contribution in [0, 0.1) is 11.7 Å². The number of amides is 1. The van der Waals surface area contributed by atoms with Crippen LogP contribution >= 0.6 is 0 Å². The first kappa shape index (κ1) is 18.4. The SMILES string of the molecule is CCOC(=O)[C@@H]1CCC[NH+](CC(=O)NCCc2ccccc2F)C1. The van der Waals surface area contributed by atoms with Gasteiger partial charge in [-0.3, -0.25) is 9.59 Å². The van der Waals surface area contributed by atoms with Gasteiger partial charge in [0, 0.05) is 6.54 Å². The van der Waals surface area contributed by atoms with Gasteiger partial charge in [-0.1, -0.05) is 18.2 Å². The van der Waals surface area contributed by atoms with Crippen molar-refractivity contribution in [2.75, 3.05) is 32.8 Å². The maximum Gasteiger partial charge on any atom is 0.314 e. The van der Waals surface area contributed by atoms with Gasteiger partial charge in [-0.05, 0) is 37.8 Å². The van der Waals surface area contributed by atoms with E-state index in [0.29, 0.717) is 38.2 Å². The summed E-state index contributed by atoms with van der Waals surface area (Å²) >= 11 is 0. The molecule has 2 atom stereocenters. The molecule has 6 heteroatoms. The van der Waals surface area contributed by atoms with Crippen molar-refractivity contribution in [3.63, 3.8) is 0 Å². The van der Waals surface area contributed by atoms with Gasteiger partial charge in [0.05, 0.1) is 19.7 Å². The summed E-state index contributed by atoms with van der Waals surface area (Å²) in [6, 6.07) is 6.58. The van der Waals surface area contributed by atoms with Gasteiger partial charge in [-0.15, -0.1) is 0 Å². The molecule has 0 spiro atoms. The smallest absolute Gasteiger partial charge is 0.314 e. The fraction of sp³-hybridized carbons (Fsp3) is 0.556. The number of hydrogen-bond donors (Lipinski definition) is 2. The zero-order valence-electron chi connectivity index (χ0n) is 14.1. The molecule has 1 aliphatic rings. The van der Waals surface area contributed by atoms with Crippen molar-refractivity contribution in [2.45, 2.75) is 26.2 Å². The summed E-state index contributed by atoms with van der Waals surface area (Å²) in [5, 5.41) is 2.83. The standard InChI is InChI=1S/C18H25FN2O3/c1-2-24-18(23)15-7-5-11-21(12-15)13-17(22)20-10-9-14-6-3-4-8-16(14)19/h3-4,6,8,15H,2,5,7,9-13H2,1H3,(H,20,22)/p+1/t15-/m1/s1. The number of rotatable bonds is 7. The van der Waals surface area contributed by atoms with E-state index < -0.39 is 0 Å². The lowest BCUT2D eigenvalue weighted by molar-refractivity contribution is -0.899. The maximum atomic E-state index is 13.5. The van der Waals surface area contributed by atoms with Crippen molar-refractivity contribution in [3.05, 3.63) is 35.6 Å². The molecule has 132 valence electrons. The molecule has 1 amide bonds. The molecule has 0 bridgehead atoms. The van der Waals surface area contributed by atoms with E-state index >= 15 is 0 Å². The Balaban J connectivity index is 1.72. The fourth-order valence-corrected chi connectivity index (χ4v) is 3.10. The Labute approximate surface area is 142 Å². The van der Waals surface area contributed by atoms with E-state index in [2.05, 4.69) is 5.32 Å². The van der Waals surface area contributed by atoms with Gasteiger partial charge in [-0.2, -0.15) is 0 Å². The largest absolute Gasteiger partial charge is 0.466 e. The van der Waals surface area contributed by atoms with Crippen LogP contribution in [0.5, 0.6) is 0 Å². The number of hydrogen-bond acceptors (Lipinski definition) is 3. The number of quaternary nitrogens is 1. The monoisotopic (exact) mass is 337 g/mol. The van der Waals surface area contributed by atoms with Crippen LogP contribution in [-0.4, -0.2) is 44.7 Å². The molecular formula is C18H26FN2O3+. The molecule has 1 heterocycles. The third kappa shape index (κ3) is 5.60. The number of nitrogens with one attached hydrogen (secondary N) is 2. The highest BCUT2D eigenvalue weighted by molar-refractivity contribution is 5.77. The van der Waals surface area contributed by atoms with E-state index in [1.54, 1.807) is 25.1 Å². The van der Waals surface area contributed by atoms with Crippen LogP contribution < -0.4 is 10.2 Å². The van der Waals surface area contributed by atoms with Crippen molar-refractivity contribution in [1.82, 2.24) is 5.32 Å².